The minimum absolute atomic E-state index is 0.0798. The van der Waals surface area contributed by atoms with Gasteiger partial charge in [-0.25, -0.2) is 9.37 Å². The molecule has 2 aliphatic heterocycles. The number of fused-ring (bicyclic) bond motifs is 1. The van der Waals surface area contributed by atoms with Crippen molar-refractivity contribution in [3.63, 3.8) is 0 Å². The molecule has 1 N–H and O–H groups in total. The average Bonchev–Trinajstić information content (AvgIpc) is 3.84. The van der Waals surface area contributed by atoms with Crippen molar-refractivity contribution in [2.45, 2.75) is 58.3 Å². The minimum atomic E-state index is -3.07. The second-order valence-electron chi connectivity index (χ2n) is 12.7. The zero-order valence-corrected chi connectivity index (χ0v) is 28.5. The van der Waals surface area contributed by atoms with E-state index in [9.17, 15) is 18.7 Å². The Kier molecular flexibility index (Phi) is 9.50. The summed E-state index contributed by atoms with van der Waals surface area (Å²) in [5, 5.41) is 9.62. The standard InChI is InChI=1S/C38H35BrF3N3O4/c1-22-25(28-9-5-10-29(35(28)39)27-13-12-23(17-30(27)40)20-44-14-2-3-15-44)7-4-8-26(22)36-43-31-18-24(21-45-16-6-11-32(45)37(46)47)33(49-38(41)42)19-34(31)48-36/h4-5,7-10,12-13,17-19,32,38H,2-3,6,11,14-16,20-21H2,1H3,(H,46,47)/t32-/m0/s1. The Morgan fingerprint density at radius 1 is 0.959 bits per heavy atom. The van der Waals surface area contributed by atoms with Gasteiger partial charge < -0.3 is 14.3 Å². The van der Waals surface area contributed by atoms with E-state index in [1.165, 1.54) is 18.9 Å². The molecule has 1 atom stereocenters. The van der Waals surface area contributed by atoms with Crippen molar-refractivity contribution in [1.82, 2.24) is 14.8 Å². The SMILES string of the molecule is Cc1c(-c2nc3cc(CN4CCC[C@H]4C(=O)O)c(OC(F)F)cc3o2)cccc1-c1cccc(-c2ccc(CN3CCCC3)cc2F)c1Br. The number of rotatable bonds is 10. The number of carboxylic acids is 1. The first-order chi connectivity index (χ1) is 23.7. The summed E-state index contributed by atoms with van der Waals surface area (Å²) in [4.78, 5) is 20.6. The molecule has 5 aromatic rings. The maximum absolute atomic E-state index is 15.5. The number of hydrogen-bond acceptors (Lipinski definition) is 6. The number of aromatic nitrogens is 1. The maximum Gasteiger partial charge on any atom is 0.387 e. The van der Waals surface area contributed by atoms with Gasteiger partial charge in [0.05, 0.1) is 0 Å². The van der Waals surface area contributed by atoms with Crippen molar-refractivity contribution < 1.29 is 32.2 Å². The van der Waals surface area contributed by atoms with Crippen LogP contribution in [0.5, 0.6) is 5.75 Å². The Bertz CT molecular complexity index is 2030. The molecule has 0 amide bonds. The van der Waals surface area contributed by atoms with Gasteiger partial charge in [0.2, 0.25) is 5.89 Å². The van der Waals surface area contributed by atoms with E-state index in [0.717, 1.165) is 51.9 Å². The second-order valence-corrected chi connectivity index (χ2v) is 13.5. The molecule has 4 aromatic carbocycles. The van der Waals surface area contributed by atoms with E-state index in [0.29, 0.717) is 47.5 Å². The van der Waals surface area contributed by atoms with E-state index < -0.39 is 18.6 Å². The van der Waals surface area contributed by atoms with Crippen LogP contribution in [0.3, 0.4) is 0 Å². The quantitative estimate of drug-likeness (QED) is 0.153. The monoisotopic (exact) mass is 733 g/mol. The lowest BCUT2D eigenvalue weighted by atomic mass is 9.93. The molecule has 254 valence electrons. The first-order valence-electron chi connectivity index (χ1n) is 16.4. The fraction of sp³-hybridized carbons (Fsp3) is 0.316. The van der Waals surface area contributed by atoms with E-state index in [1.807, 2.05) is 55.5 Å². The predicted molar refractivity (Wildman–Crippen MR) is 185 cm³/mol. The topological polar surface area (TPSA) is 79.0 Å². The lowest BCUT2D eigenvalue weighted by Gasteiger charge is -2.22. The molecule has 2 fully saturated rings. The predicted octanol–water partition coefficient (Wildman–Crippen LogP) is 9.29. The summed E-state index contributed by atoms with van der Waals surface area (Å²) in [5.74, 6) is -0.999. The van der Waals surface area contributed by atoms with Crippen molar-refractivity contribution in [3.8, 4) is 39.5 Å². The van der Waals surface area contributed by atoms with Gasteiger partial charge in [0.15, 0.2) is 5.58 Å². The van der Waals surface area contributed by atoms with Crippen LogP contribution >= 0.6 is 15.9 Å². The number of alkyl halides is 2. The maximum atomic E-state index is 15.5. The number of oxazole rings is 1. The van der Waals surface area contributed by atoms with Crippen molar-refractivity contribution in [2.24, 2.45) is 0 Å². The van der Waals surface area contributed by atoms with Gasteiger partial charge in [0.25, 0.3) is 0 Å². The van der Waals surface area contributed by atoms with Crippen LogP contribution in [0.4, 0.5) is 13.2 Å². The Labute approximate surface area is 290 Å². The molecule has 7 nitrogen and oxygen atoms in total. The molecular weight excluding hydrogens is 699 g/mol. The highest BCUT2D eigenvalue weighted by Gasteiger charge is 2.31. The molecule has 49 heavy (non-hydrogen) atoms. The molecule has 0 radical (unpaired) electrons. The number of carboxylic acid groups (broad SMARTS) is 1. The van der Waals surface area contributed by atoms with Crippen LogP contribution in [-0.4, -0.2) is 58.1 Å². The second kappa shape index (κ2) is 14.0. The molecule has 0 saturated carbocycles. The van der Waals surface area contributed by atoms with E-state index in [4.69, 9.17) is 14.1 Å². The summed E-state index contributed by atoms with van der Waals surface area (Å²) in [5.41, 5.74) is 6.62. The summed E-state index contributed by atoms with van der Waals surface area (Å²) in [6.45, 7) is 2.37. The van der Waals surface area contributed by atoms with E-state index >= 15 is 4.39 Å². The lowest BCUT2D eigenvalue weighted by Crippen LogP contribution is -2.35. The number of aliphatic carboxylic acids is 1. The number of nitrogens with zero attached hydrogens (tertiary/aromatic N) is 3. The fourth-order valence-corrected chi connectivity index (χ4v) is 7.83. The molecule has 0 spiro atoms. The summed E-state index contributed by atoms with van der Waals surface area (Å²) in [7, 11) is 0. The van der Waals surface area contributed by atoms with Gasteiger partial charge in [-0.05, 0) is 114 Å². The van der Waals surface area contributed by atoms with E-state index in [-0.39, 0.29) is 23.7 Å². The third-order valence-electron chi connectivity index (χ3n) is 9.59. The van der Waals surface area contributed by atoms with Crippen LogP contribution < -0.4 is 4.74 Å². The van der Waals surface area contributed by atoms with Crippen LogP contribution in [0.15, 0.2) is 75.6 Å². The number of likely N-dealkylation sites (tertiary alicyclic amines) is 2. The highest BCUT2D eigenvalue weighted by molar-refractivity contribution is 9.10. The Morgan fingerprint density at radius 3 is 2.39 bits per heavy atom. The number of carbonyl (C=O) groups is 1. The van der Waals surface area contributed by atoms with Gasteiger partial charge >= 0.3 is 12.6 Å². The van der Waals surface area contributed by atoms with Gasteiger partial charge in [0.1, 0.15) is 23.1 Å². The summed E-state index contributed by atoms with van der Waals surface area (Å²) >= 11 is 3.78. The minimum Gasteiger partial charge on any atom is -0.480 e. The van der Waals surface area contributed by atoms with Crippen LogP contribution in [0.25, 0.3) is 44.8 Å². The van der Waals surface area contributed by atoms with Gasteiger partial charge in [-0.3, -0.25) is 14.6 Å². The summed E-state index contributed by atoms with van der Waals surface area (Å²) in [6, 6.07) is 19.3. The Morgan fingerprint density at radius 2 is 1.67 bits per heavy atom. The number of benzene rings is 4. The smallest absolute Gasteiger partial charge is 0.387 e. The number of ether oxygens (including phenoxy) is 1. The summed E-state index contributed by atoms with van der Waals surface area (Å²) < 4.78 is 54.1. The van der Waals surface area contributed by atoms with Crippen LogP contribution in [0, 0.1) is 12.7 Å². The first kappa shape index (κ1) is 33.3. The van der Waals surface area contributed by atoms with Gasteiger partial charge in [-0.15, -0.1) is 0 Å². The van der Waals surface area contributed by atoms with Crippen LogP contribution in [-0.2, 0) is 17.9 Å². The lowest BCUT2D eigenvalue weighted by molar-refractivity contribution is -0.142. The molecule has 11 heteroatoms. The Hall–Kier alpha value is -4.19. The fourth-order valence-electron chi connectivity index (χ4n) is 7.14. The van der Waals surface area contributed by atoms with Crippen molar-refractivity contribution >= 4 is 33.0 Å². The molecule has 0 unspecified atom stereocenters. The summed E-state index contributed by atoms with van der Waals surface area (Å²) in [6.07, 6.45) is 3.56. The normalized spacial score (nSPS) is 17.1. The Balaban J connectivity index is 1.21. The van der Waals surface area contributed by atoms with E-state index in [1.54, 1.807) is 17.0 Å². The third kappa shape index (κ3) is 6.84. The third-order valence-corrected chi connectivity index (χ3v) is 10.4. The van der Waals surface area contributed by atoms with Crippen LogP contribution in [0.2, 0.25) is 0 Å². The highest BCUT2D eigenvalue weighted by atomic mass is 79.9. The van der Waals surface area contributed by atoms with Gasteiger partial charge in [-0.2, -0.15) is 8.78 Å². The molecule has 2 aliphatic rings. The molecule has 7 rings (SSSR count). The largest absolute Gasteiger partial charge is 0.480 e. The number of halogens is 4. The number of hydrogen-bond donors (Lipinski definition) is 1. The average molecular weight is 735 g/mol. The van der Waals surface area contributed by atoms with Gasteiger partial charge in [-0.1, -0.05) is 42.5 Å². The molecule has 2 saturated heterocycles. The van der Waals surface area contributed by atoms with Crippen molar-refractivity contribution in [3.05, 3.63) is 93.7 Å². The highest BCUT2D eigenvalue weighted by Crippen LogP contribution is 2.41. The van der Waals surface area contributed by atoms with Crippen molar-refractivity contribution in [1.29, 1.82) is 0 Å². The molecule has 0 aliphatic carbocycles. The van der Waals surface area contributed by atoms with Crippen molar-refractivity contribution in [2.75, 3.05) is 19.6 Å². The zero-order valence-electron chi connectivity index (χ0n) is 26.9. The first-order valence-corrected chi connectivity index (χ1v) is 17.2. The van der Waals surface area contributed by atoms with Gasteiger partial charge in [0, 0.05) is 40.3 Å². The molecule has 0 bridgehead atoms. The van der Waals surface area contributed by atoms with Crippen LogP contribution in [0.1, 0.15) is 42.4 Å². The molecular formula is C38H35BrF3N3O4. The van der Waals surface area contributed by atoms with E-state index in [2.05, 4.69) is 20.8 Å². The molecule has 1 aromatic heterocycles. The molecule has 3 heterocycles. The zero-order chi connectivity index (χ0) is 34.2.